The zero-order valence-corrected chi connectivity index (χ0v) is 8.59. The Morgan fingerprint density at radius 2 is 2.14 bits per heavy atom. The van der Waals surface area contributed by atoms with Crippen molar-refractivity contribution in [2.45, 2.75) is 33.1 Å². The molecule has 14 heavy (non-hydrogen) atoms. The molecule has 0 aliphatic heterocycles. The summed E-state index contributed by atoms with van der Waals surface area (Å²) in [5, 5.41) is 0. The van der Waals surface area contributed by atoms with E-state index in [0.717, 1.165) is 18.5 Å². The average Bonchev–Trinajstić information content (AvgIpc) is 2.14. The van der Waals surface area contributed by atoms with Crippen molar-refractivity contribution in [2.24, 2.45) is 0 Å². The Balaban J connectivity index is 2.85. The van der Waals surface area contributed by atoms with Crippen molar-refractivity contribution in [1.82, 2.24) is 4.98 Å². The van der Waals surface area contributed by atoms with Gasteiger partial charge >= 0.3 is 0 Å². The molecule has 1 rings (SSSR count). The summed E-state index contributed by atoms with van der Waals surface area (Å²) in [6.45, 7) is 3.81. The number of rotatable bonds is 4. The molecule has 1 N–H and O–H groups in total. The van der Waals surface area contributed by atoms with Crippen molar-refractivity contribution in [1.29, 1.82) is 0 Å². The van der Waals surface area contributed by atoms with E-state index < -0.39 is 0 Å². The molecule has 0 unspecified atom stereocenters. The number of carbonyl (C=O) groups is 1. The summed E-state index contributed by atoms with van der Waals surface area (Å²) in [6, 6.07) is 3.35. The second-order valence-corrected chi connectivity index (χ2v) is 3.41. The second-order valence-electron chi connectivity index (χ2n) is 3.41. The van der Waals surface area contributed by atoms with Gasteiger partial charge in [0.25, 0.3) is 5.56 Å². The fourth-order valence-corrected chi connectivity index (χ4v) is 1.26. The number of nitrogens with one attached hydrogen (secondary N) is 1. The van der Waals surface area contributed by atoms with Gasteiger partial charge in [0.05, 0.1) is 5.56 Å². The lowest BCUT2D eigenvalue weighted by Crippen LogP contribution is -2.17. The first-order valence-corrected chi connectivity index (χ1v) is 4.88. The first-order valence-electron chi connectivity index (χ1n) is 4.88. The van der Waals surface area contributed by atoms with Gasteiger partial charge in [-0.15, -0.1) is 0 Å². The predicted octanol–water partition coefficient (Wildman–Crippen LogP) is 2.06. The number of aromatic nitrogens is 1. The van der Waals surface area contributed by atoms with E-state index in [1.807, 2.05) is 6.92 Å². The van der Waals surface area contributed by atoms with E-state index in [-0.39, 0.29) is 16.9 Å². The lowest BCUT2D eigenvalue weighted by Gasteiger charge is -1.99. The summed E-state index contributed by atoms with van der Waals surface area (Å²) in [5.74, 6) is -0.0619. The van der Waals surface area contributed by atoms with Crippen LogP contribution in [0.25, 0.3) is 0 Å². The number of unbranched alkanes of at least 4 members (excludes halogenated alkanes) is 1. The Morgan fingerprint density at radius 3 is 2.71 bits per heavy atom. The van der Waals surface area contributed by atoms with Crippen LogP contribution in [0.2, 0.25) is 0 Å². The van der Waals surface area contributed by atoms with Crippen molar-refractivity contribution in [3.8, 4) is 0 Å². The molecule has 0 spiro atoms. The highest BCUT2D eigenvalue weighted by Crippen LogP contribution is 2.02. The van der Waals surface area contributed by atoms with Crippen LogP contribution in [0.1, 0.15) is 42.2 Å². The van der Waals surface area contributed by atoms with Crippen LogP contribution in [0.5, 0.6) is 0 Å². The maximum atomic E-state index is 11.5. The van der Waals surface area contributed by atoms with Crippen molar-refractivity contribution in [2.75, 3.05) is 0 Å². The average molecular weight is 193 g/mol. The van der Waals surface area contributed by atoms with Crippen LogP contribution in [0.4, 0.5) is 0 Å². The fraction of sp³-hybridized carbons (Fsp3) is 0.455. The monoisotopic (exact) mass is 193 g/mol. The van der Waals surface area contributed by atoms with Gasteiger partial charge < -0.3 is 4.98 Å². The Labute approximate surface area is 83.2 Å². The molecule has 0 aromatic carbocycles. The standard InChI is InChI=1S/C11H15NO2/c1-3-4-5-10(13)9-7-6-8(2)12-11(9)14/h6-7H,3-5H2,1-2H3,(H,12,14). The van der Waals surface area contributed by atoms with E-state index in [1.165, 1.54) is 0 Å². The summed E-state index contributed by atoms with van der Waals surface area (Å²) in [7, 11) is 0. The zero-order valence-electron chi connectivity index (χ0n) is 8.59. The summed E-state index contributed by atoms with van der Waals surface area (Å²) in [5.41, 5.74) is 0.789. The Hall–Kier alpha value is -1.38. The molecule has 3 nitrogen and oxygen atoms in total. The first kappa shape index (κ1) is 10.7. The van der Waals surface area contributed by atoms with Crippen LogP contribution in [-0.4, -0.2) is 10.8 Å². The molecule has 0 aliphatic rings. The number of aryl methyl sites for hydroxylation is 1. The smallest absolute Gasteiger partial charge is 0.259 e. The van der Waals surface area contributed by atoms with Crippen LogP contribution in [0, 0.1) is 6.92 Å². The number of hydrogen-bond donors (Lipinski definition) is 1. The van der Waals surface area contributed by atoms with Crippen molar-refractivity contribution in [3.05, 3.63) is 33.7 Å². The van der Waals surface area contributed by atoms with Gasteiger partial charge in [-0.2, -0.15) is 0 Å². The summed E-state index contributed by atoms with van der Waals surface area (Å²) >= 11 is 0. The van der Waals surface area contributed by atoms with Crippen LogP contribution in [0.15, 0.2) is 16.9 Å². The lowest BCUT2D eigenvalue weighted by molar-refractivity contribution is 0.0978. The zero-order chi connectivity index (χ0) is 10.6. The van der Waals surface area contributed by atoms with Gasteiger partial charge in [0.15, 0.2) is 5.78 Å². The topological polar surface area (TPSA) is 49.9 Å². The molecular weight excluding hydrogens is 178 g/mol. The van der Waals surface area contributed by atoms with Crippen molar-refractivity contribution >= 4 is 5.78 Å². The number of H-pyrrole nitrogens is 1. The van der Waals surface area contributed by atoms with Gasteiger partial charge in [0.2, 0.25) is 0 Å². The molecule has 0 atom stereocenters. The van der Waals surface area contributed by atoms with E-state index in [0.29, 0.717) is 6.42 Å². The largest absolute Gasteiger partial charge is 0.326 e. The maximum absolute atomic E-state index is 11.5. The van der Waals surface area contributed by atoms with Gasteiger partial charge in [-0.05, 0) is 25.5 Å². The molecule has 1 aromatic rings. The molecule has 1 heterocycles. The number of ketones is 1. The summed E-state index contributed by atoms with van der Waals surface area (Å²) in [6.07, 6.45) is 2.27. The van der Waals surface area contributed by atoms with Crippen molar-refractivity contribution in [3.63, 3.8) is 0 Å². The SMILES string of the molecule is CCCCC(=O)c1ccc(C)[nH]c1=O. The molecule has 0 radical (unpaired) electrons. The van der Waals surface area contributed by atoms with Gasteiger partial charge in [0, 0.05) is 12.1 Å². The third-order valence-electron chi connectivity index (χ3n) is 2.11. The van der Waals surface area contributed by atoms with Crippen LogP contribution >= 0.6 is 0 Å². The third kappa shape index (κ3) is 2.55. The molecular formula is C11H15NO2. The second kappa shape index (κ2) is 4.74. The quantitative estimate of drug-likeness (QED) is 0.744. The van der Waals surface area contributed by atoms with Gasteiger partial charge in [-0.1, -0.05) is 13.3 Å². The summed E-state index contributed by atoms with van der Waals surface area (Å²) in [4.78, 5) is 25.5. The van der Waals surface area contributed by atoms with Gasteiger partial charge in [0.1, 0.15) is 0 Å². The van der Waals surface area contributed by atoms with Crippen LogP contribution in [0.3, 0.4) is 0 Å². The lowest BCUT2D eigenvalue weighted by atomic mass is 10.1. The van der Waals surface area contributed by atoms with Crippen LogP contribution in [-0.2, 0) is 0 Å². The van der Waals surface area contributed by atoms with Gasteiger partial charge in [-0.3, -0.25) is 9.59 Å². The highest BCUT2D eigenvalue weighted by molar-refractivity contribution is 5.95. The minimum Gasteiger partial charge on any atom is -0.326 e. The highest BCUT2D eigenvalue weighted by atomic mass is 16.1. The van der Waals surface area contributed by atoms with E-state index >= 15 is 0 Å². The minimum absolute atomic E-state index is 0.0619. The Kier molecular flexibility index (Phi) is 3.63. The molecule has 0 aliphatic carbocycles. The number of pyridine rings is 1. The van der Waals surface area contributed by atoms with E-state index in [4.69, 9.17) is 0 Å². The molecule has 0 bridgehead atoms. The molecule has 1 aromatic heterocycles. The normalized spacial score (nSPS) is 10.1. The van der Waals surface area contributed by atoms with Gasteiger partial charge in [-0.25, -0.2) is 0 Å². The van der Waals surface area contributed by atoms with E-state index in [1.54, 1.807) is 19.1 Å². The van der Waals surface area contributed by atoms with Crippen molar-refractivity contribution < 1.29 is 4.79 Å². The molecule has 76 valence electrons. The molecule has 0 fully saturated rings. The molecule has 0 saturated carbocycles. The molecule has 3 heteroatoms. The highest BCUT2D eigenvalue weighted by Gasteiger charge is 2.08. The van der Waals surface area contributed by atoms with Crippen LogP contribution < -0.4 is 5.56 Å². The minimum atomic E-state index is -0.272. The number of Topliss-reactive ketones (excluding diaryl/α,β-unsaturated/α-hetero) is 1. The van der Waals surface area contributed by atoms with E-state index in [9.17, 15) is 9.59 Å². The number of aromatic amines is 1. The fourth-order valence-electron chi connectivity index (χ4n) is 1.26. The Bertz CT molecular complexity index is 379. The first-order chi connectivity index (χ1) is 6.65. The maximum Gasteiger partial charge on any atom is 0.259 e. The Morgan fingerprint density at radius 1 is 1.43 bits per heavy atom. The molecule has 0 saturated heterocycles. The van der Waals surface area contributed by atoms with E-state index in [2.05, 4.69) is 4.98 Å². The number of carbonyl (C=O) groups excluding carboxylic acids is 1. The number of hydrogen-bond acceptors (Lipinski definition) is 2. The summed E-state index contributed by atoms with van der Waals surface area (Å²) < 4.78 is 0. The molecule has 0 amide bonds. The third-order valence-corrected chi connectivity index (χ3v) is 2.11. The predicted molar refractivity (Wildman–Crippen MR) is 55.7 cm³/mol.